The average molecular weight is 330 g/mol. The first-order valence-corrected chi connectivity index (χ1v) is 8.62. The third-order valence-electron chi connectivity index (χ3n) is 4.30. The Morgan fingerprint density at radius 1 is 1.43 bits per heavy atom. The van der Waals surface area contributed by atoms with Gasteiger partial charge in [0.25, 0.3) is 5.91 Å². The predicted octanol–water partition coefficient (Wildman–Crippen LogP) is 1.59. The minimum absolute atomic E-state index is 0.0680. The average Bonchev–Trinajstić information content (AvgIpc) is 3.13. The van der Waals surface area contributed by atoms with Gasteiger partial charge in [0, 0.05) is 50.8 Å². The molecule has 0 N–H and O–H groups in total. The zero-order chi connectivity index (χ0) is 15.9. The maximum atomic E-state index is 12.4. The zero-order valence-corrected chi connectivity index (χ0v) is 13.7. The smallest absolute Gasteiger partial charge is 0.257 e. The van der Waals surface area contributed by atoms with Gasteiger partial charge in [0.1, 0.15) is 6.10 Å². The highest BCUT2D eigenvalue weighted by molar-refractivity contribution is 8.01. The fraction of sp³-hybridized carbons (Fsp3) is 0.438. The molecule has 23 heavy (non-hydrogen) atoms. The van der Waals surface area contributed by atoms with Crippen LogP contribution in [0.4, 0.5) is 0 Å². The molecule has 4 rings (SSSR count). The van der Waals surface area contributed by atoms with E-state index in [1.807, 2.05) is 41.9 Å². The van der Waals surface area contributed by atoms with Crippen LogP contribution in [0.5, 0.6) is 5.88 Å². The molecule has 0 bridgehead atoms. The molecule has 4 heterocycles. The van der Waals surface area contributed by atoms with Crippen LogP contribution in [0.2, 0.25) is 0 Å². The van der Waals surface area contributed by atoms with E-state index >= 15 is 0 Å². The Morgan fingerprint density at radius 2 is 2.30 bits per heavy atom. The SMILES string of the molecule is Cn1cc(C(=O)N2CC3(CC(Oc4ccccn4)CS3)C2)cn1. The lowest BCUT2D eigenvalue weighted by molar-refractivity contribution is 0.0516. The molecule has 2 aliphatic rings. The third kappa shape index (κ3) is 2.81. The maximum Gasteiger partial charge on any atom is 0.257 e. The molecule has 1 spiro atoms. The summed E-state index contributed by atoms with van der Waals surface area (Å²) in [6.45, 7) is 1.57. The van der Waals surface area contributed by atoms with E-state index in [1.165, 1.54) is 0 Å². The first-order valence-electron chi connectivity index (χ1n) is 7.63. The molecule has 2 aromatic rings. The van der Waals surface area contributed by atoms with Crippen molar-refractivity contribution in [2.75, 3.05) is 18.8 Å². The van der Waals surface area contributed by atoms with Crippen molar-refractivity contribution in [2.24, 2.45) is 7.05 Å². The van der Waals surface area contributed by atoms with Gasteiger partial charge in [-0.05, 0) is 6.07 Å². The number of aryl methyl sites for hydroxylation is 1. The summed E-state index contributed by atoms with van der Waals surface area (Å²) in [4.78, 5) is 18.5. The van der Waals surface area contributed by atoms with Gasteiger partial charge in [-0.2, -0.15) is 5.10 Å². The van der Waals surface area contributed by atoms with E-state index in [0.29, 0.717) is 11.4 Å². The van der Waals surface area contributed by atoms with Crippen LogP contribution < -0.4 is 4.74 Å². The van der Waals surface area contributed by atoms with Crippen LogP contribution >= 0.6 is 11.8 Å². The van der Waals surface area contributed by atoms with Crippen LogP contribution in [0.25, 0.3) is 0 Å². The second-order valence-electron chi connectivity index (χ2n) is 6.17. The number of aromatic nitrogens is 3. The lowest BCUT2D eigenvalue weighted by atomic mass is 9.92. The summed E-state index contributed by atoms with van der Waals surface area (Å²) in [5, 5.41) is 4.06. The molecule has 7 heteroatoms. The summed E-state index contributed by atoms with van der Waals surface area (Å²) < 4.78 is 7.75. The fourth-order valence-corrected chi connectivity index (χ4v) is 4.72. The van der Waals surface area contributed by atoms with Crippen LogP contribution in [0.3, 0.4) is 0 Å². The summed E-state index contributed by atoms with van der Waals surface area (Å²) in [5.74, 6) is 1.70. The molecule has 0 aromatic carbocycles. The predicted molar refractivity (Wildman–Crippen MR) is 87.6 cm³/mol. The molecule has 1 atom stereocenters. The quantitative estimate of drug-likeness (QED) is 0.855. The van der Waals surface area contributed by atoms with Crippen molar-refractivity contribution in [3.8, 4) is 5.88 Å². The topological polar surface area (TPSA) is 60.2 Å². The minimum atomic E-state index is 0.0680. The number of carbonyl (C=O) groups is 1. The first-order chi connectivity index (χ1) is 11.1. The van der Waals surface area contributed by atoms with E-state index in [0.717, 1.165) is 25.3 Å². The number of likely N-dealkylation sites (tertiary alicyclic amines) is 1. The summed E-state index contributed by atoms with van der Waals surface area (Å²) >= 11 is 1.91. The summed E-state index contributed by atoms with van der Waals surface area (Å²) in [7, 11) is 1.82. The lowest BCUT2D eigenvalue weighted by Crippen LogP contribution is -2.60. The Morgan fingerprint density at radius 3 is 3.00 bits per heavy atom. The molecule has 0 aliphatic carbocycles. The highest BCUT2D eigenvalue weighted by atomic mass is 32.2. The number of hydrogen-bond acceptors (Lipinski definition) is 5. The molecule has 1 unspecified atom stereocenters. The number of hydrogen-bond donors (Lipinski definition) is 0. The summed E-state index contributed by atoms with van der Waals surface area (Å²) in [6, 6.07) is 5.69. The third-order valence-corrected chi connectivity index (χ3v) is 5.87. The molecule has 0 saturated carbocycles. The largest absolute Gasteiger partial charge is 0.473 e. The number of ether oxygens (including phenoxy) is 1. The van der Waals surface area contributed by atoms with Gasteiger partial charge in [0.15, 0.2) is 0 Å². The van der Waals surface area contributed by atoms with E-state index in [2.05, 4.69) is 10.1 Å². The van der Waals surface area contributed by atoms with Crippen LogP contribution in [0.1, 0.15) is 16.8 Å². The molecule has 6 nitrogen and oxygen atoms in total. The van der Waals surface area contributed by atoms with Crippen molar-refractivity contribution in [2.45, 2.75) is 17.3 Å². The molecule has 0 radical (unpaired) electrons. The molecule has 2 aromatic heterocycles. The van der Waals surface area contributed by atoms with E-state index in [1.54, 1.807) is 23.3 Å². The molecular weight excluding hydrogens is 312 g/mol. The number of thioether (sulfide) groups is 1. The Labute approximate surface area is 138 Å². The van der Waals surface area contributed by atoms with Gasteiger partial charge >= 0.3 is 0 Å². The van der Waals surface area contributed by atoms with Crippen molar-refractivity contribution in [3.05, 3.63) is 42.4 Å². The normalized spacial score (nSPS) is 22.1. The van der Waals surface area contributed by atoms with E-state index in [9.17, 15) is 4.79 Å². The number of pyridine rings is 1. The van der Waals surface area contributed by atoms with Crippen molar-refractivity contribution < 1.29 is 9.53 Å². The van der Waals surface area contributed by atoms with Crippen LogP contribution in [-0.2, 0) is 7.05 Å². The second kappa shape index (κ2) is 5.56. The van der Waals surface area contributed by atoms with Crippen molar-refractivity contribution >= 4 is 17.7 Å². The Balaban J connectivity index is 1.33. The molecule has 2 aliphatic heterocycles. The highest BCUT2D eigenvalue weighted by Gasteiger charge is 2.51. The Bertz CT molecular complexity index is 712. The van der Waals surface area contributed by atoms with Crippen LogP contribution in [0, 0.1) is 0 Å². The second-order valence-corrected chi connectivity index (χ2v) is 7.66. The molecular formula is C16H18N4O2S. The van der Waals surface area contributed by atoms with Gasteiger partial charge in [0.2, 0.25) is 5.88 Å². The lowest BCUT2D eigenvalue weighted by Gasteiger charge is -2.47. The number of rotatable bonds is 3. The fourth-order valence-electron chi connectivity index (χ4n) is 3.19. The molecule has 120 valence electrons. The van der Waals surface area contributed by atoms with E-state index in [4.69, 9.17) is 4.74 Å². The van der Waals surface area contributed by atoms with Gasteiger partial charge in [0.05, 0.1) is 16.5 Å². The molecule has 2 fully saturated rings. The Hall–Kier alpha value is -2.02. The van der Waals surface area contributed by atoms with E-state index in [-0.39, 0.29) is 16.8 Å². The number of nitrogens with zero attached hydrogens (tertiary/aromatic N) is 4. The first kappa shape index (κ1) is 14.6. The van der Waals surface area contributed by atoms with Gasteiger partial charge in [-0.3, -0.25) is 9.48 Å². The zero-order valence-electron chi connectivity index (χ0n) is 12.9. The highest BCUT2D eigenvalue weighted by Crippen LogP contribution is 2.46. The molecule has 2 saturated heterocycles. The van der Waals surface area contributed by atoms with E-state index < -0.39 is 0 Å². The summed E-state index contributed by atoms with van der Waals surface area (Å²) in [6.07, 6.45) is 6.27. The van der Waals surface area contributed by atoms with Crippen LogP contribution in [-0.4, -0.2) is 55.3 Å². The number of carbonyl (C=O) groups excluding carboxylic acids is 1. The Kier molecular flexibility index (Phi) is 3.52. The van der Waals surface area contributed by atoms with Gasteiger partial charge in [-0.15, -0.1) is 11.8 Å². The molecule has 1 amide bonds. The van der Waals surface area contributed by atoms with Gasteiger partial charge in [-0.1, -0.05) is 6.07 Å². The standard InChI is InChI=1S/C16H18N4O2S/c1-19-8-12(7-18-19)15(21)20-10-16(11-20)6-13(9-23-16)22-14-4-2-3-5-17-14/h2-5,7-8,13H,6,9-11H2,1H3. The minimum Gasteiger partial charge on any atom is -0.473 e. The summed E-state index contributed by atoms with van der Waals surface area (Å²) in [5.41, 5.74) is 0.659. The monoisotopic (exact) mass is 330 g/mol. The number of amides is 1. The van der Waals surface area contributed by atoms with Crippen molar-refractivity contribution in [1.29, 1.82) is 0 Å². The van der Waals surface area contributed by atoms with Gasteiger partial charge < -0.3 is 9.64 Å². The van der Waals surface area contributed by atoms with Crippen LogP contribution in [0.15, 0.2) is 36.8 Å². The maximum absolute atomic E-state index is 12.4. The van der Waals surface area contributed by atoms with Gasteiger partial charge in [-0.25, -0.2) is 4.98 Å². The van der Waals surface area contributed by atoms with Crippen molar-refractivity contribution in [1.82, 2.24) is 19.7 Å². The van der Waals surface area contributed by atoms with Crippen molar-refractivity contribution in [3.63, 3.8) is 0 Å².